The maximum absolute atomic E-state index is 11.1. The fraction of sp³-hybridized carbons (Fsp3) is 0.300. The molecule has 0 fully saturated rings. The van der Waals surface area contributed by atoms with Crippen LogP contribution < -0.4 is 5.32 Å². The zero-order valence-electron chi connectivity index (χ0n) is 7.82. The number of fused-ring (bicyclic) bond motifs is 1. The number of rotatable bonds is 2. The van der Waals surface area contributed by atoms with Gasteiger partial charge in [-0.2, -0.15) is 0 Å². The van der Waals surface area contributed by atoms with Gasteiger partial charge in [0, 0.05) is 12.2 Å². The van der Waals surface area contributed by atoms with Gasteiger partial charge in [0.15, 0.2) is 0 Å². The molecular formula is C10H11NO3. The summed E-state index contributed by atoms with van der Waals surface area (Å²) in [5, 5.41) is 2.61. The summed E-state index contributed by atoms with van der Waals surface area (Å²) in [5.41, 5.74) is 1.61. The number of ether oxygens (including phenoxy) is 2. The zero-order valence-corrected chi connectivity index (χ0v) is 7.82. The van der Waals surface area contributed by atoms with Gasteiger partial charge in [-0.15, -0.1) is 0 Å². The van der Waals surface area contributed by atoms with Crippen LogP contribution in [0.15, 0.2) is 24.3 Å². The summed E-state index contributed by atoms with van der Waals surface area (Å²) in [4.78, 5) is 11.1. The Labute approximate surface area is 81.8 Å². The lowest BCUT2D eigenvalue weighted by atomic mass is 10.1. The Bertz CT molecular complexity index is 351. The molecule has 1 atom stereocenters. The number of hydrogen-bond acceptors (Lipinski definition) is 3. The number of benzene rings is 1. The smallest absolute Gasteiger partial charge is 0.414 e. The van der Waals surface area contributed by atoms with Crippen LogP contribution in [-0.2, 0) is 9.47 Å². The molecule has 74 valence electrons. The lowest BCUT2D eigenvalue weighted by Gasteiger charge is -2.25. The third-order valence-electron chi connectivity index (χ3n) is 1.98. The van der Waals surface area contributed by atoms with Crippen LogP contribution in [0.1, 0.15) is 18.8 Å². The second-order valence-corrected chi connectivity index (χ2v) is 2.90. The topological polar surface area (TPSA) is 47.6 Å². The van der Waals surface area contributed by atoms with Gasteiger partial charge in [-0.05, 0) is 13.0 Å². The molecule has 1 unspecified atom stereocenters. The first-order valence-electron chi connectivity index (χ1n) is 4.49. The van der Waals surface area contributed by atoms with E-state index in [1.807, 2.05) is 31.2 Å². The van der Waals surface area contributed by atoms with Crippen molar-refractivity contribution in [2.24, 2.45) is 0 Å². The van der Waals surface area contributed by atoms with Crippen molar-refractivity contribution in [1.82, 2.24) is 0 Å². The highest BCUT2D eigenvalue weighted by atomic mass is 16.7. The van der Waals surface area contributed by atoms with Crippen molar-refractivity contribution in [1.29, 1.82) is 0 Å². The molecule has 0 aromatic heterocycles. The molecule has 14 heavy (non-hydrogen) atoms. The number of nitrogens with one attached hydrogen (secondary N) is 1. The summed E-state index contributed by atoms with van der Waals surface area (Å²) in [5.74, 6) is 0. The highest BCUT2D eigenvalue weighted by Crippen LogP contribution is 2.30. The molecule has 0 saturated carbocycles. The van der Waals surface area contributed by atoms with E-state index in [0.717, 1.165) is 11.3 Å². The minimum atomic E-state index is -0.579. The third-order valence-corrected chi connectivity index (χ3v) is 1.98. The highest BCUT2D eigenvalue weighted by Gasteiger charge is 2.25. The first-order valence-corrected chi connectivity index (χ1v) is 4.49. The molecule has 4 nitrogen and oxygen atoms in total. The average molecular weight is 193 g/mol. The Morgan fingerprint density at radius 1 is 1.50 bits per heavy atom. The van der Waals surface area contributed by atoms with Crippen molar-refractivity contribution in [2.75, 3.05) is 11.9 Å². The first-order chi connectivity index (χ1) is 6.81. The summed E-state index contributed by atoms with van der Waals surface area (Å²) in [6, 6.07) is 7.43. The fourth-order valence-electron chi connectivity index (χ4n) is 1.39. The Morgan fingerprint density at radius 3 is 3.07 bits per heavy atom. The molecule has 0 aliphatic carbocycles. The van der Waals surface area contributed by atoms with Crippen molar-refractivity contribution in [3.63, 3.8) is 0 Å². The summed E-state index contributed by atoms with van der Waals surface area (Å²) in [6.45, 7) is 2.37. The molecule has 1 heterocycles. The van der Waals surface area contributed by atoms with E-state index in [-0.39, 0.29) is 0 Å². The van der Waals surface area contributed by atoms with Crippen LogP contribution in [0.3, 0.4) is 0 Å². The molecule has 0 radical (unpaired) electrons. The van der Waals surface area contributed by atoms with Gasteiger partial charge >= 0.3 is 6.09 Å². The molecule has 1 aliphatic heterocycles. The van der Waals surface area contributed by atoms with Crippen molar-refractivity contribution in [3.05, 3.63) is 29.8 Å². The molecule has 1 aromatic carbocycles. The summed E-state index contributed by atoms with van der Waals surface area (Å²) >= 11 is 0. The van der Waals surface area contributed by atoms with Crippen molar-refractivity contribution >= 4 is 11.8 Å². The van der Waals surface area contributed by atoms with E-state index >= 15 is 0 Å². The van der Waals surface area contributed by atoms with Crippen LogP contribution in [0.2, 0.25) is 0 Å². The number of para-hydroxylation sites is 1. The maximum Gasteiger partial charge on any atom is 0.414 e. The van der Waals surface area contributed by atoms with Gasteiger partial charge in [0.1, 0.15) is 0 Å². The average Bonchev–Trinajstić information content (AvgIpc) is 2.18. The third kappa shape index (κ3) is 1.56. The first kappa shape index (κ1) is 9.02. The molecule has 1 aliphatic rings. The summed E-state index contributed by atoms with van der Waals surface area (Å²) in [7, 11) is 0. The zero-order chi connectivity index (χ0) is 9.97. The second-order valence-electron chi connectivity index (χ2n) is 2.90. The quantitative estimate of drug-likeness (QED) is 0.783. The number of hydrogen-bond donors (Lipinski definition) is 1. The van der Waals surface area contributed by atoms with E-state index < -0.39 is 12.4 Å². The fourth-order valence-corrected chi connectivity index (χ4v) is 1.39. The van der Waals surface area contributed by atoms with Crippen LogP contribution in [-0.4, -0.2) is 12.7 Å². The molecule has 0 spiro atoms. The van der Waals surface area contributed by atoms with Gasteiger partial charge in [0.2, 0.25) is 6.29 Å². The van der Waals surface area contributed by atoms with Gasteiger partial charge in [0.25, 0.3) is 0 Å². The van der Waals surface area contributed by atoms with E-state index in [9.17, 15) is 4.79 Å². The number of carbonyl (C=O) groups excluding carboxylic acids is 1. The predicted molar refractivity (Wildman–Crippen MR) is 50.9 cm³/mol. The van der Waals surface area contributed by atoms with E-state index in [4.69, 9.17) is 9.47 Å². The van der Waals surface area contributed by atoms with Gasteiger partial charge in [-0.1, -0.05) is 18.2 Å². The molecule has 1 aromatic rings. The monoisotopic (exact) mass is 193 g/mol. The van der Waals surface area contributed by atoms with Crippen molar-refractivity contribution in [3.8, 4) is 0 Å². The van der Waals surface area contributed by atoms with E-state index in [2.05, 4.69) is 5.32 Å². The lowest BCUT2D eigenvalue weighted by Crippen LogP contribution is -2.25. The normalized spacial score (nSPS) is 19.5. The van der Waals surface area contributed by atoms with Crippen LogP contribution in [0.25, 0.3) is 0 Å². The van der Waals surface area contributed by atoms with Gasteiger partial charge in [0.05, 0.1) is 5.69 Å². The second kappa shape index (κ2) is 3.67. The lowest BCUT2D eigenvalue weighted by molar-refractivity contribution is -0.102. The summed E-state index contributed by atoms with van der Waals surface area (Å²) < 4.78 is 10.3. The minimum Gasteiger partial charge on any atom is -0.415 e. The number of anilines is 1. The van der Waals surface area contributed by atoms with E-state index in [1.54, 1.807) is 0 Å². The van der Waals surface area contributed by atoms with Gasteiger partial charge in [-0.25, -0.2) is 4.79 Å². The number of cyclic esters (lactones) is 1. The predicted octanol–water partition coefficient (Wildman–Crippen LogP) is 2.28. The molecule has 0 saturated heterocycles. The van der Waals surface area contributed by atoms with Crippen LogP contribution in [0.5, 0.6) is 0 Å². The molecule has 2 rings (SSSR count). The molecule has 0 bridgehead atoms. The van der Waals surface area contributed by atoms with Crippen LogP contribution in [0, 0.1) is 0 Å². The maximum atomic E-state index is 11.1. The highest BCUT2D eigenvalue weighted by molar-refractivity contribution is 5.87. The SMILES string of the molecule is CCOC1OC(=O)Nc2ccccc21. The summed E-state index contributed by atoms with van der Waals surface area (Å²) in [6.07, 6.45) is -1.05. The standard InChI is InChI=1S/C10H11NO3/c1-2-13-9-7-5-3-4-6-8(7)11-10(12)14-9/h3-6,9H,2H2,1H3,(H,11,12). The molecule has 1 N–H and O–H groups in total. The van der Waals surface area contributed by atoms with Gasteiger partial charge in [-0.3, -0.25) is 5.32 Å². The molecule has 1 amide bonds. The Kier molecular flexibility index (Phi) is 2.37. The van der Waals surface area contributed by atoms with Crippen LogP contribution in [0.4, 0.5) is 10.5 Å². The van der Waals surface area contributed by atoms with Crippen molar-refractivity contribution in [2.45, 2.75) is 13.2 Å². The van der Waals surface area contributed by atoms with Crippen LogP contribution >= 0.6 is 0 Å². The largest absolute Gasteiger partial charge is 0.415 e. The minimum absolute atomic E-state index is 0.470. The Hall–Kier alpha value is -1.55. The van der Waals surface area contributed by atoms with E-state index in [0.29, 0.717) is 6.61 Å². The van der Waals surface area contributed by atoms with Gasteiger partial charge < -0.3 is 9.47 Å². The molecular weight excluding hydrogens is 182 g/mol. The Morgan fingerprint density at radius 2 is 2.29 bits per heavy atom. The molecule has 4 heteroatoms. The van der Waals surface area contributed by atoms with E-state index in [1.165, 1.54) is 0 Å². The number of amides is 1. The number of carbonyl (C=O) groups is 1. The van der Waals surface area contributed by atoms with Crippen molar-refractivity contribution < 1.29 is 14.3 Å². The Balaban J connectivity index is 2.33.